The van der Waals surface area contributed by atoms with E-state index >= 15 is 0 Å². The van der Waals surface area contributed by atoms with Gasteiger partial charge in [0.15, 0.2) is 0 Å². The number of hydrogen-bond acceptors (Lipinski definition) is 3. The summed E-state index contributed by atoms with van der Waals surface area (Å²) in [5.41, 5.74) is 8.18. The highest BCUT2D eigenvalue weighted by Crippen LogP contribution is 2.08. The zero-order valence-corrected chi connectivity index (χ0v) is 8.73. The van der Waals surface area contributed by atoms with Crippen LogP contribution in [-0.2, 0) is 4.74 Å². The number of methoxy groups -OCH3 is 1. The lowest BCUT2D eigenvalue weighted by molar-refractivity contribution is 0.162. The van der Waals surface area contributed by atoms with Crippen molar-refractivity contribution in [1.82, 2.24) is 5.32 Å². The van der Waals surface area contributed by atoms with Crippen LogP contribution in [0.4, 0.5) is 4.79 Å². The fourth-order valence-electron chi connectivity index (χ4n) is 0.987. The van der Waals surface area contributed by atoms with Gasteiger partial charge in [-0.15, -0.1) is 0 Å². The molecule has 14 heavy (non-hydrogen) atoms. The van der Waals surface area contributed by atoms with Crippen molar-refractivity contribution in [3.05, 3.63) is 10.4 Å². The summed E-state index contributed by atoms with van der Waals surface area (Å²) in [5.74, 6) is 0.250. The smallest absolute Gasteiger partial charge is 0.407 e. The molecule has 0 aliphatic heterocycles. The Bertz CT molecular complexity index is 225. The molecule has 0 bridgehead atoms. The summed E-state index contributed by atoms with van der Waals surface area (Å²) in [4.78, 5) is 13.6. The van der Waals surface area contributed by atoms with Gasteiger partial charge in [-0.05, 0) is 11.4 Å². The van der Waals surface area contributed by atoms with Gasteiger partial charge in [0.05, 0.1) is 7.11 Å². The summed E-state index contributed by atoms with van der Waals surface area (Å²) < 4.78 is 4.47. The van der Waals surface area contributed by atoms with E-state index < -0.39 is 6.09 Å². The average molecular weight is 200 g/mol. The molecule has 0 aromatic rings. The first-order valence-electron chi connectivity index (χ1n) is 4.51. The van der Waals surface area contributed by atoms with E-state index in [-0.39, 0.29) is 18.5 Å². The standard InChI is InChI=1S/C8H16N4O2/c1-4-6(2)7(5-10-12-9)11-8(13)14-3/h6-7H,4-5H2,1-3H3,(H,11,13)/t6?,7-/m1/s1. The second-order valence-electron chi connectivity index (χ2n) is 3.04. The highest BCUT2D eigenvalue weighted by Gasteiger charge is 2.17. The Kier molecular flexibility index (Phi) is 6.32. The van der Waals surface area contributed by atoms with Crippen molar-refractivity contribution < 1.29 is 9.53 Å². The van der Waals surface area contributed by atoms with Crippen molar-refractivity contribution in [2.24, 2.45) is 11.0 Å². The van der Waals surface area contributed by atoms with E-state index in [1.54, 1.807) is 0 Å². The fourth-order valence-corrected chi connectivity index (χ4v) is 0.987. The molecule has 0 aliphatic rings. The molecule has 0 aromatic carbocycles. The van der Waals surface area contributed by atoms with Crippen molar-refractivity contribution in [3.8, 4) is 0 Å². The number of azide groups is 1. The largest absolute Gasteiger partial charge is 0.453 e. The number of ether oxygens (including phenoxy) is 1. The maximum Gasteiger partial charge on any atom is 0.407 e. The van der Waals surface area contributed by atoms with E-state index in [1.807, 2.05) is 13.8 Å². The van der Waals surface area contributed by atoms with E-state index in [1.165, 1.54) is 7.11 Å². The molecule has 1 amide bonds. The molecule has 1 unspecified atom stereocenters. The first-order chi connectivity index (χ1) is 6.65. The fraction of sp³-hybridized carbons (Fsp3) is 0.875. The van der Waals surface area contributed by atoms with Gasteiger partial charge in [-0.1, -0.05) is 25.4 Å². The Morgan fingerprint density at radius 3 is 2.79 bits per heavy atom. The van der Waals surface area contributed by atoms with Crippen LogP contribution in [0.15, 0.2) is 5.11 Å². The van der Waals surface area contributed by atoms with E-state index in [0.29, 0.717) is 0 Å². The van der Waals surface area contributed by atoms with Gasteiger partial charge in [0.1, 0.15) is 0 Å². The molecule has 6 heteroatoms. The van der Waals surface area contributed by atoms with Crippen LogP contribution < -0.4 is 5.32 Å². The monoisotopic (exact) mass is 200 g/mol. The second kappa shape index (κ2) is 7.03. The third-order valence-corrected chi connectivity index (χ3v) is 2.16. The molecule has 0 heterocycles. The van der Waals surface area contributed by atoms with Gasteiger partial charge in [-0.25, -0.2) is 4.79 Å². The minimum absolute atomic E-state index is 0.164. The number of nitrogens with one attached hydrogen (secondary N) is 1. The van der Waals surface area contributed by atoms with Crippen LogP contribution in [0.2, 0.25) is 0 Å². The van der Waals surface area contributed by atoms with Crippen LogP contribution in [0.5, 0.6) is 0 Å². The summed E-state index contributed by atoms with van der Waals surface area (Å²) >= 11 is 0. The van der Waals surface area contributed by atoms with E-state index in [4.69, 9.17) is 5.53 Å². The number of hydrogen-bond donors (Lipinski definition) is 1. The quantitative estimate of drug-likeness (QED) is 0.418. The van der Waals surface area contributed by atoms with Gasteiger partial charge in [-0.3, -0.25) is 0 Å². The Balaban J connectivity index is 4.23. The molecule has 0 aromatic heterocycles. The third kappa shape index (κ3) is 4.57. The van der Waals surface area contributed by atoms with Gasteiger partial charge in [0.25, 0.3) is 0 Å². The van der Waals surface area contributed by atoms with Crippen molar-refractivity contribution in [1.29, 1.82) is 0 Å². The molecule has 0 radical (unpaired) electrons. The number of rotatable bonds is 5. The molecular weight excluding hydrogens is 184 g/mol. The zero-order valence-electron chi connectivity index (χ0n) is 8.73. The van der Waals surface area contributed by atoms with Crippen molar-refractivity contribution >= 4 is 6.09 Å². The first kappa shape index (κ1) is 12.6. The summed E-state index contributed by atoms with van der Waals surface area (Å²) in [6.07, 6.45) is 0.402. The Morgan fingerprint density at radius 1 is 1.71 bits per heavy atom. The van der Waals surface area contributed by atoms with Crippen molar-refractivity contribution in [2.75, 3.05) is 13.7 Å². The normalized spacial score (nSPS) is 13.6. The number of carbonyl (C=O) groups is 1. The molecule has 0 aliphatic carbocycles. The van der Waals surface area contributed by atoms with Crippen LogP contribution in [0.1, 0.15) is 20.3 Å². The van der Waals surface area contributed by atoms with E-state index in [0.717, 1.165) is 6.42 Å². The van der Waals surface area contributed by atoms with Crippen LogP contribution >= 0.6 is 0 Å². The van der Waals surface area contributed by atoms with Gasteiger partial charge >= 0.3 is 6.09 Å². The van der Waals surface area contributed by atoms with E-state index in [2.05, 4.69) is 20.1 Å². The molecule has 0 spiro atoms. The first-order valence-corrected chi connectivity index (χ1v) is 4.51. The molecule has 0 rings (SSSR count). The molecule has 1 N–H and O–H groups in total. The highest BCUT2D eigenvalue weighted by molar-refractivity contribution is 5.67. The zero-order chi connectivity index (χ0) is 11.0. The molecule has 6 nitrogen and oxygen atoms in total. The number of alkyl carbamates (subject to hydrolysis) is 1. The molecular formula is C8H16N4O2. The van der Waals surface area contributed by atoms with Gasteiger partial charge < -0.3 is 10.1 Å². The van der Waals surface area contributed by atoms with Crippen LogP contribution in [0.25, 0.3) is 10.4 Å². The number of nitrogens with zero attached hydrogens (tertiary/aromatic N) is 3. The maximum atomic E-state index is 10.9. The lowest BCUT2D eigenvalue weighted by Gasteiger charge is -2.21. The minimum Gasteiger partial charge on any atom is -0.453 e. The SMILES string of the molecule is CCC(C)[C@@H](CN=[N+]=[N-])NC(=O)OC. The molecule has 0 saturated carbocycles. The predicted octanol–water partition coefficient (Wildman–Crippen LogP) is 2.07. The van der Waals surface area contributed by atoms with Crippen LogP contribution in [0.3, 0.4) is 0 Å². The topological polar surface area (TPSA) is 87.1 Å². The third-order valence-electron chi connectivity index (χ3n) is 2.16. The molecule has 2 atom stereocenters. The highest BCUT2D eigenvalue weighted by atomic mass is 16.5. The lowest BCUT2D eigenvalue weighted by Crippen LogP contribution is -2.41. The van der Waals surface area contributed by atoms with Crippen molar-refractivity contribution in [2.45, 2.75) is 26.3 Å². The van der Waals surface area contributed by atoms with Crippen molar-refractivity contribution in [3.63, 3.8) is 0 Å². The predicted molar refractivity (Wildman–Crippen MR) is 52.8 cm³/mol. The van der Waals surface area contributed by atoms with Crippen LogP contribution in [0, 0.1) is 5.92 Å². The van der Waals surface area contributed by atoms with E-state index in [9.17, 15) is 4.79 Å². The van der Waals surface area contributed by atoms with Gasteiger partial charge in [-0.2, -0.15) is 0 Å². The summed E-state index contributed by atoms with van der Waals surface area (Å²) in [5, 5.41) is 6.06. The number of amides is 1. The summed E-state index contributed by atoms with van der Waals surface area (Å²) in [7, 11) is 1.30. The Labute approximate surface area is 83.3 Å². The second-order valence-corrected chi connectivity index (χ2v) is 3.04. The summed E-state index contributed by atoms with van der Waals surface area (Å²) in [6, 6.07) is -0.164. The molecule has 0 saturated heterocycles. The summed E-state index contributed by atoms with van der Waals surface area (Å²) in [6.45, 7) is 4.24. The van der Waals surface area contributed by atoms with Gasteiger partial charge in [0, 0.05) is 17.5 Å². The Hall–Kier alpha value is -1.42. The average Bonchev–Trinajstić information content (AvgIpc) is 2.22. The number of carbonyl (C=O) groups excluding carboxylic acids is 1. The Morgan fingerprint density at radius 2 is 2.36 bits per heavy atom. The maximum absolute atomic E-state index is 10.9. The molecule has 0 fully saturated rings. The minimum atomic E-state index is -0.497. The van der Waals surface area contributed by atoms with Gasteiger partial charge in [0.2, 0.25) is 0 Å². The lowest BCUT2D eigenvalue weighted by atomic mass is 10.00. The molecule has 80 valence electrons. The van der Waals surface area contributed by atoms with Crippen LogP contribution in [-0.4, -0.2) is 25.8 Å².